The van der Waals surface area contributed by atoms with Crippen LogP contribution in [0.15, 0.2) is 24.8 Å². The van der Waals surface area contributed by atoms with Crippen LogP contribution in [0.3, 0.4) is 0 Å². The molecular formula is C9H10N4. The van der Waals surface area contributed by atoms with Gasteiger partial charge < -0.3 is 0 Å². The molecule has 4 nitrogen and oxygen atoms in total. The van der Waals surface area contributed by atoms with E-state index in [0.29, 0.717) is 5.95 Å². The van der Waals surface area contributed by atoms with Crippen molar-refractivity contribution in [3.63, 3.8) is 0 Å². The summed E-state index contributed by atoms with van der Waals surface area (Å²) in [6.45, 7) is 3.91. The molecular weight excluding hydrogens is 164 g/mol. The van der Waals surface area contributed by atoms with Crippen molar-refractivity contribution in [3.05, 3.63) is 36.2 Å². The summed E-state index contributed by atoms with van der Waals surface area (Å²) in [5.41, 5.74) is 1.99. The predicted octanol–water partition coefficient (Wildman–Crippen LogP) is 1.28. The molecule has 0 N–H and O–H groups in total. The first-order chi connectivity index (χ1) is 6.27. The lowest BCUT2D eigenvalue weighted by molar-refractivity contribution is 0.883. The zero-order valence-corrected chi connectivity index (χ0v) is 7.60. The molecule has 0 saturated carbocycles. The normalized spacial score (nSPS) is 10.3. The largest absolute Gasteiger partial charge is 0.272 e. The van der Waals surface area contributed by atoms with Gasteiger partial charge in [-0.05, 0) is 19.9 Å². The Labute approximate surface area is 76.3 Å². The summed E-state index contributed by atoms with van der Waals surface area (Å²) in [5, 5.41) is 0. The van der Waals surface area contributed by atoms with Crippen LogP contribution in [0.25, 0.3) is 5.95 Å². The molecule has 4 heteroatoms. The van der Waals surface area contributed by atoms with Gasteiger partial charge in [0.2, 0.25) is 5.95 Å². The fraction of sp³-hybridized carbons (Fsp3) is 0.222. The fourth-order valence-corrected chi connectivity index (χ4v) is 1.12. The number of rotatable bonds is 1. The molecule has 0 atom stereocenters. The molecule has 0 saturated heterocycles. The van der Waals surface area contributed by atoms with Crippen molar-refractivity contribution in [2.45, 2.75) is 13.8 Å². The Morgan fingerprint density at radius 3 is 2.77 bits per heavy atom. The summed E-state index contributed by atoms with van der Waals surface area (Å²) in [4.78, 5) is 12.5. The molecule has 0 aliphatic carbocycles. The Bertz CT molecular complexity index is 419. The number of hydrogen-bond acceptors (Lipinski definition) is 3. The second-order valence-corrected chi connectivity index (χ2v) is 2.90. The third kappa shape index (κ3) is 1.42. The minimum absolute atomic E-state index is 0.676. The van der Waals surface area contributed by atoms with Gasteiger partial charge in [0.25, 0.3) is 0 Å². The standard InChI is InChI=1S/C9H10N4/c1-7-3-4-11-9(12-7)13-6-10-5-8(13)2/h3-6H,1-2H3. The van der Waals surface area contributed by atoms with E-state index in [9.17, 15) is 0 Å². The summed E-state index contributed by atoms with van der Waals surface area (Å²) in [6, 6.07) is 1.87. The molecule has 2 rings (SSSR count). The van der Waals surface area contributed by atoms with Crippen molar-refractivity contribution in [1.82, 2.24) is 19.5 Å². The topological polar surface area (TPSA) is 43.6 Å². The first kappa shape index (κ1) is 7.91. The van der Waals surface area contributed by atoms with E-state index in [1.807, 2.05) is 24.5 Å². The average Bonchev–Trinajstić information content (AvgIpc) is 2.51. The lowest BCUT2D eigenvalue weighted by Gasteiger charge is -2.02. The van der Waals surface area contributed by atoms with E-state index in [1.165, 1.54) is 0 Å². The van der Waals surface area contributed by atoms with Gasteiger partial charge in [0.1, 0.15) is 6.33 Å². The van der Waals surface area contributed by atoms with Crippen molar-refractivity contribution in [2.24, 2.45) is 0 Å². The van der Waals surface area contributed by atoms with Crippen LogP contribution < -0.4 is 0 Å². The smallest absolute Gasteiger partial charge is 0.235 e. The average molecular weight is 174 g/mol. The molecule has 0 radical (unpaired) electrons. The SMILES string of the molecule is Cc1ccnc(-n2cncc2C)n1. The van der Waals surface area contributed by atoms with E-state index in [2.05, 4.69) is 15.0 Å². The summed E-state index contributed by atoms with van der Waals surface area (Å²) in [6.07, 6.45) is 5.24. The van der Waals surface area contributed by atoms with Crippen LogP contribution in [-0.4, -0.2) is 19.5 Å². The predicted molar refractivity (Wildman–Crippen MR) is 48.6 cm³/mol. The summed E-state index contributed by atoms with van der Waals surface area (Å²) in [5.74, 6) is 0.676. The highest BCUT2D eigenvalue weighted by atomic mass is 15.2. The van der Waals surface area contributed by atoms with Gasteiger partial charge in [-0.15, -0.1) is 0 Å². The fourth-order valence-electron chi connectivity index (χ4n) is 1.12. The highest BCUT2D eigenvalue weighted by molar-refractivity contribution is 5.17. The van der Waals surface area contributed by atoms with E-state index in [1.54, 1.807) is 18.7 Å². The van der Waals surface area contributed by atoms with Gasteiger partial charge in [0.15, 0.2) is 0 Å². The van der Waals surface area contributed by atoms with Crippen molar-refractivity contribution in [3.8, 4) is 5.95 Å². The van der Waals surface area contributed by atoms with Gasteiger partial charge in [-0.1, -0.05) is 0 Å². The minimum Gasteiger partial charge on any atom is -0.272 e. The molecule has 2 heterocycles. The van der Waals surface area contributed by atoms with Crippen LogP contribution in [0.5, 0.6) is 0 Å². The molecule has 2 aromatic rings. The van der Waals surface area contributed by atoms with Gasteiger partial charge in [-0.3, -0.25) is 4.57 Å². The number of nitrogens with zero attached hydrogens (tertiary/aromatic N) is 4. The summed E-state index contributed by atoms with van der Waals surface area (Å²) < 4.78 is 1.85. The first-order valence-electron chi connectivity index (χ1n) is 4.06. The molecule has 66 valence electrons. The van der Waals surface area contributed by atoms with Crippen LogP contribution in [0.4, 0.5) is 0 Å². The maximum Gasteiger partial charge on any atom is 0.235 e. The maximum absolute atomic E-state index is 4.29. The maximum atomic E-state index is 4.29. The Morgan fingerprint density at radius 2 is 2.15 bits per heavy atom. The molecule has 0 aromatic carbocycles. The third-order valence-corrected chi connectivity index (χ3v) is 1.82. The quantitative estimate of drug-likeness (QED) is 0.654. The minimum atomic E-state index is 0.676. The van der Waals surface area contributed by atoms with Crippen LogP contribution in [0.2, 0.25) is 0 Å². The third-order valence-electron chi connectivity index (χ3n) is 1.82. The zero-order valence-electron chi connectivity index (χ0n) is 7.60. The number of aromatic nitrogens is 4. The molecule has 13 heavy (non-hydrogen) atoms. The highest BCUT2D eigenvalue weighted by Crippen LogP contribution is 2.04. The molecule has 0 aliphatic rings. The second kappa shape index (κ2) is 2.97. The Hall–Kier alpha value is -1.71. The molecule has 0 amide bonds. The van der Waals surface area contributed by atoms with Crippen LogP contribution in [0, 0.1) is 13.8 Å². The van der Waals surface area contributed by atoms with Crippen LogP contribution in [0.1, 0.15) is 11.4 Å². The van der Waals surface area contributed by atoms with Gasteiger partial charge >= 0.3 is 0 Å². The Balaban J connectivity index is 2.53. The molecule has 0 fully saturated rings. The van der Waals surface area contributed by atoms with E-state index in [0.717, 1.165) is 11.4 Å². The van der Waals surface area contributed by atoms with E-state index < -0.39 is 0 Å². The van der Waals surface area contributed by atoms with Crippen molar-refractivity contribution in [1.29, 1.82) is 0 Å². The molecule has 0 aliphatic heterocycles. The number of hydrogen-bond donors (Lipinski definition) is 0. The van der Waals surface area contributed by atoms with Crippen molar-refractivity contribution in [2.75, 3.05) is 0 Å². The van der Waals surface area contributed by atoms with Gasteiger partial charge in [-0.2, -0.15) is 0 Å². The molecule has 0 spiro atoms. The highest BCUT2D eigenvalue weighted by Gasteiger charge is 2.01. The van der Waals surface area contributed by atoms with Gasteiger partial charge in [0, 0.05) is 23.8 Å². The number of imidazole rings is 1. The van der Waals surface area contributed by atoms with Crippen LogP contribution in [-0.2, 0) is 0 Å². The molecule has 0 bridgehead atoms. The Kier molecular flexibility index (Phi) is 1.81. The van der Waals surface area contributed by atoms with Gasteiger partial charge in [0.05, 0.1) is 0 Å². The lowest BCUT2D eigenvalue weighted by atomic mass is 10.4. The zero-order chi connectivity index (χ0) is 9.26. The monoisotopic (exact) mass is 174 g/mol. The van der Waals surface area contributed by atoms with Crippen molar-refractivity contribution >= 4 is 0 Å². The first-order valence-corrected chi connectivity index (χ1v) is 4.06. The summed E-state index contributed by atoms with van der Waals surface area (Å²) in [7, 11) is 0. The van der Waals surface area contributed by atoms with E-state index >= 15 is 0 Å². The lowest BCUT2D eigenvalue weighted by Crippen LogP contribution is -2.01. The second-order valence-electron chi connectivity index (χ2n) is 2.90. The summed E-state index contributed by atoms with van der Waals surface area (Å²) >= 11 is 0. The van der Waals surface area contributed by atoms with E-state index in [-0.39, 0.29) is 0 Å². The van der Waals surface area contributed by atoms with E-state index in [4.69, 9.17) is 0 Å². The molecule has 2 aromatic heterocycles. The van der Waals surface area contributed by atoms with Crippen LogP contribution >= 0.6 is 0 Å². The van der Waals surface area contributed by atoms with Gasteiger partial charge in [-0.25, -0.2) is 15.0 Å². The molecule has 0 unspecified atom stereocenters. The Morgan fingerprint density at radius 1 is 1.31 bits per heavy atom. The number of aryl methyl sites for hydroxylation is 2. The van der Waals surface area contributed by atoms with Crippen molar-refractivity contribution < 1.29 is 0 Å².